The Hall–Kier alpha value is -0.520. The predicted octanol–water partition coefficient (Wildman–Crippen LogP) is 2.92. The molecule has 2 unspecified atom stereocenters. The third-order valence-electron chi connectivity index (χ3n) is 2.75. The first-order chi connectivity index (χ1) is 4.86. The molecule has 0 nitrogen and oxygen atoms in total. The second-order valence-electron chi connectivity index (χ2n) is 3.58. The Morgan fingerprint density at radius 1 is 1.40 bits per heavy atom. The first-order valence-electron chi connectivity index (χ1n) is 4.18. The Labute approximate surface area is 62.6 Å². The summed E-state index contributed by atoms with van der Waals surface area (Å²) in [6.07, 6.45) is 11.1. The number of hydrogen-bond donors (Lipinski definition) is 0. The SMILES string of the molecule is CC1=CCC2CC=CC2C1. The van der Waals surface area contributed by atoms with Gasteiger partial charge in [-0.25, -0.2) is 0 Å². The minimum atomic E-state index is 0.894. The van der Waals surface area contributed by atoms with E-state index in [0.29, 0.717) is 0 Å². The van der Waals surface area contributed by atoms with Crippen LogP contribution in [0.5, 0.6) is 0 Å². The van der Waals surface area contributed by atoms with Crippen LogP contribution in [0.15, 0.2) is 23.8 Å². The Bertz CT molecular complexity index is 186. The third-order valence-corrected chi connectivity index (χ3v) is 2.75. The van der Waals surface area contributed by atoms with E-state index in [-0.39, 0.29) is 0 Å². The van der Waals surface area contributed by atoms with Crippen LogP contribution in [0, 0.1) is 11.8 Å². The first kappa shape index (κ1) is 6.21. The van der Waals surface area contributed by atoms with Gasteiger partial charge in [-0.2, -0.15) is 0 Å². The minimum absolute atomic E-state index is 0.894. The van der Waals surface area contributed by atoms with Gasteiger partial charge in [0.05, 0.1) is 0 Å². The molecular formula is C10H14. The topological polar surface area (TPSA) is 0 Å². The van der Waals surface area contributed by atoms with E-state index in [1.165, 1.54) is 19.3 Å². The molecule has 0 aromatic carbocycles. The van der Waals surface area contributed by atoms with Gasteiger partial charge >= 0.3 is 0 Å². The summed E-state index contributed by atoms with van der Waals surface area (Å²) in [5.41, 5.74) is 1.59. The van der Waals surface area contributed by atoms with Gasteiger partial charge in [0.1, 0.15) is 0 Å². The summed E-state index contributed by atoms with van der Waals surface area (Å²) in [7, 11) is 0. The smallest absolute Gasteiger partial charge is 0.0162 e. The Morgan fingerprint density at radius 3 is 3.20 bits per heavy atom. The molecule has 0 saturated carbocycles. The van der Waals surface area contributed by atoms with Crippen molar-refractivity contribution in [3.05, 3.63) is 23.8 Å². The molecule has 0 fully saturated rings. The lowest BCUT2D eigenvalue weighted by Crippen LogP contribution is -2.11. The summed E-state index contributed by atoms with van der Waals surface area (Å²) in [5.74, 6) is 1.86. The zero-order chi connectivity index (χ0) is 6.97. The largest absolute Gasteiger partial charge is 0.0879 e. The van der Waals surface area contributed by atoms with Gasteiger partial charge in [-0.15, -0.1) is 0 Å². The fourth-order valence-electron chi connectivity index (χ4n) is 2.07. The van der Waals surface area contributed by atoms with E-state index < -0.39 is 0 Å². The highest BCUT2D eigenvalue weighted by molar-refractivity contribution is 5.14. The molecule has 0 N–H and O–H groups in total. The first-order valence-corrected chi connectivity index (χ1v) is 4.18. The van der Waals surface area contributed by atoms with Crippen molar-refractivity contribution in [2.24, 2.45) is 11.8 Å². The monoisotopic (exact) mass is 134 g/mol. The van der Waals surface area contributed by atoms with Crippen LogP contribution < -0.4 is 0 Å². The van der Waals surface area contributed by atoms with Crippen LogP contribution in [0.25, 0.3) is 0 Å². The standard InChI is InChI=1S/C10H14/c1-8-5-6-9-3-2-4-10(9)7-8/h2,4-5,9-10H,3,6-7H2,1H3. The van der Waals surface area contributed by atoms with Crippen LogP contribution in [0.2, 0.25) is 0 Å². The number of fused-ring (bicyclic) bond motifs is 1. The minimum Gasteiger partial charge on any atom is -0.0879 e. The molecule has 0 bridgehead atoms. The Morgan fingerprint density at radius 2 is 2.30 bits per heavy atom. The molecule has 0 radical (unpaired) electrons. The number of allylic oxidation sites excluding steroid dienone is 4. The van der Waals surface area contributed by atoms with Gasteiger partial charge in [-0.1, -0.05) is 23.8 Å². The van der Waals surface area contributed by atoms with E-state index in [0.717, 1.165) is 11.8 Å². The van der Waals surface area contributed by atoms with Crippen molar-refractivity contribution >= 4 is 0 Å². The second kappa shape index (κ2) is 2.26. The van der Waals surface area contributed by atoms with Gasteiger partial charge in [0, 0.05) is 0 Å². The Kier molecular flexibility index (Phi) is 1.40. The maximum absolute atomic E-state index is 2.41. The molecule has 2 atom stereocenters. The maximum atomic E-state index is 2.41. The summed E-state index contributed by atoms with van der Waals surface area (Å²) >= 11 is 0. The molecule has 2 aliphatic rings. The van der Waals surface area contributed by atoms with Crippen LogP contribution in [-0.2, 0) is 0 Å². The summed E-state index contributed by atoms with van der Waals surface area (Å²) in [6.45, 7) is 2.25. The van der Waals surface area contributed by atoms with E-state index in [9.17, 15) is 0 Å². The van der Waals surface area contributed by atoms with E-state index in [2.05, 4.69) is 25.2 Å². The third kappa shape index (κ3) is 0.920. The summed E-state index contributed by atoms with van der Waals surface area (Å²) in [4.78, 5) is 0. The van der Waals surface area contributed by atoms with Crippen molar-refractivity contribution in [1.29, 1.82) is 0 Å². The fraction of sp³-hybridized carbons (Fsp3) is 0.600. The molecular weight excluding hydrogens is 120 g/mol. The molecule has 0 saturated heterocycles. The van der Waals surface area contributed by atoms with E-state index in [4.69, 9.17) is 0 Å². The molecule has 0 aromatic rings. The number of rotatable bonds is 0. The highest BCUT2D eigenvalue weighted by Crippen LogP contribution is 2.36. The molecule has 0 heterocycles. The van der Waals surface area contributed by atoms with Crippen molar-refractivity contribution in [3.8, 4) is 0 Å². The van der Waals surface area contributed by atoms with E-state index in [1.807, 2.05) is 0 Å². The van der Waals surface area contributed by atoms with Crippen LogP contribution in [0.4, 0.5) is 0 Å². The van der Waals surface area contributed by atoms with Gasteiger partial charge in [-0.3, -0.25) is 0 Å². The zero-order valence-electron chi connectivity index (χ0n) is 6.51. The van der Waals surface area contributed by atoms with Crippen LogP contribution in [0.1, 0.15) is 26.2 Å². The molecule has 0 spiro atoms. The van der Waals surface area contributed by atoms with Crippen LogP contribution in [0.3, 0.4) is 0 Å². The lowest BCUT2D eigenvalue weighted by molar-refractivity contribution is 0.405. The highest BCUT2D eigenvalue weighted by Gasteiger charge is 2.24. The van der Waals surface area contributed by atoms with Crippen molar-refractivity contribution in [2.45, 2.75) is 26.2 Å². The molecule has 10 heavy (non-hydrogen) atoms. The molecule has 2 aliphatic carbocycles. The number of hydrogen-bond acceptors (Lipinski definition) is 0. The summed E-state index contributed by atoms with van der Waals surface area (Å²) < 4.78 is 0. The lowest BCUT2D eigenvalue weighted by atomic mass is 9.82. The highest BCUT2D eigenvalue weighted by atomic mass is 14.3. The van der Waals surface area contributed by atoms with E-state index in [1.54, 1.807) is 5.57 Å². The molecule has 2 rings (SSSR count). The predicted molar refractivity (Wildman–Crippen MR) is 43.7 cm³/mol. The van der Waals surface area contributed by atoms with Crippen LogP contribution >= 0.6 is 0 Å². The molecule has 0 heteroatoms. The van der Waals surface area contributed by atoms with Crippen molar-refractivity contribution in [1.82, 2.24) is 0 Å². The fourth-order valence-corrected chi connectivity index (χ4v) is 2.07. The van der Waals surface area contributed by atoms with Crippen LogP contribution in [-0.4, -0.2) is 0 Å². The van der Waals surface area contributed by atoms with Crippen molar-refractivity contribution in [3.63, 3.8) is 0 Å². The van der Waals surface area contributed by atoms with Gasteiger partial charge in [0.25, 0.3) is 0 Å². The summed E-state index contributed by atoms with van der Waals surface area (Å²) in [5, 5.41) is 0. The molecule has 0 aliphatic heterocycles. The van der Waals surface area contributed by atoms with Gasteiger partial charge in [0.2, 0.25) is 0 Å². The molecule has 0 amide bonds. The maximum Gasteiger partial charge on any atom is -0.0162 e. The van der Waals surface area contributed by atoms with Gasteiger partial charge in [-0.05, 0) is 38.0 Å². The average Bonchev–Trinajstić information content (AvgIpc) is 2.33. The summed E-state index contributed by atoms with van der Waals surface area (Å²) in [6, 6.07) is 0. The van der Waals surface area contributed by atoms with E-state index >= 15 is 0 Å². The molecule has 54 valence electrons. The quantitative estimate of drug-likeness (QED) is 0.447. The lowest BCUT2D eigenvalue weighted by Gasteiger charge is -2.23. The average molecular weight is 134 g/mol. The molecule has 0 aromatic heterocycles. The van der Waals surface area contributed by atoms with Gasteiger partial charge < -0.3 is 0 Å². The normalized spacial score (nSPS) is 37.5. The van der Waals surface area contributed by atoms with Crippen molar-refractivity contribution in [2.75, 3.05) is 0 Å². The van der Waals surface area contributed by atoms with Gasteiger partial charge in [0.15, 0.2) is 0 Å². The second-order valence-corrected chi connectivity index (χ2v) is 3.58. The van der Waals surface area contributed by atoms with Crippen molar-refractivity contribution < 1.29 is 0 Å². The Balaban J connectivity index is 2.14. The zero-order valence-corrected chi connectivity index (χ0v) is 6.51.